The number of hydrogen-bond acceptors (Lipinski definition) is 1. The van der Waals surface area contributed by atoms with E-state index in [1.807, 2.05) is 6.92 Å². The van der Waals surface area contributed by atoms with Gasteiger partial charge in [0.05, 0.1) is 0 Å². The van der Waals surface area contributed by atoms with Gasteiger partial charge in [-0.15, -0.1) is 11.5 Å². The molecule has 1 atom stereocenters. The highest BCUT2D eigenvalue weighted by molar-refractivity contribution is 6.83. The highest BCUT2D eigenvalue weighted by Gasteiger charge is 2.08. The minimum atomic E-state index is -1.23. The summed E-state index contributed by atoms with van der Waals surface area (Å²) in [6, 6.07) is 0. The molecule has 0 radical (unpaired) electrons. The molecule has 2 heteroatoms. The Kier molecular flexibility index (Phi) is 5.48. The monoisotopic (exact) mass is 208 g/mol. The third-order valence-electron chi connectivity index (χ3n) is 1.98. The van der Waals surface area contributed by atoms with E-state index in [9.17, 15) is 4.79 Å². The third kappa shape index (κ3) is 6.68. The molecule has 0 saturated heterocycles. The van der Waals surface area contributed by atoms with Crippen LogP contribution in [0.25, 0.3) is 0 Å². The van der Waals surface area contributed by atoms with E-state index in [4.69, 9.17) is 0 Å². The summed E-state index contributed by atoms with van der Waals surface area (Å²) in [4.78, 5) is 10.2. The Bertz CT molecular complexity index is 273. The summed E-state index contributed by atoms with van der Waals surface area (Å²) in [5.41, 5.74) is 4.44. The second-order valence-corrected chi connectivity index (χ2v) is 9.45. The highest BCUT2D eigenvalue weighted by Crippen LogP contribution is 2.12. The van der Waals surface area contributed by atoms with E-state index in [1.54, 1.807) is 6.08 Å². The molecule has 1 nitrogen and oxygen atoms in total. The zero-order valence-corrected chi connectivity index (χ0v) is 10.8. The van der Waals surface area contributed by atoms with E-state index in [-0.39, 0.29) is 0 Å². The number of rotatable bonds is 3. The maximum atomic E-state index is 10.2. The lowest BCUT2D eigenvalue weighted by atomic mass is 10.00. The predicted octanol–water partition coefficient (Wildman–Crippen LogP) is 3.04. The van der Waals surface area contributed by atoms with Crippen molar-refractivity contribution in [3.63, 3.8) is 0 Å². The average Bonchev–Trinajstić information content (AvgIpc) is 2.02. The molecule has 0 N–H and O–H groups in total. The molecule has 0 aromatic carbocycles. The first-order valence-electron chi connectivity index (χ1n) is 4.99. The van der Waals surface area contributed by atoms with Crippen LogP contribution in [0.2, 0.25) is 19.6 Å². The SMILES string of the molecule is C/C(=C\C=O)C(C)CC#C[Si](C)(C)C. The summed E-state index contributed by atoms with van der Waals surface area (Å²) in [5.74, 6) is 3.61. The molecular formula is C12H20OSi. The highest BCUT2D eigenvalue weighted by atomic mass is 28.3. The van der Waals surface area contributed by atoms with Gasteiger partial charge in [0.2, 0.25) is 0 Å². The van der Waals surface area contributed by atoms with Crippen LogP contribution in [0, 0.1) is 17.4 Å². The Morgan fingerprint density at radius 3 is 2.43 bits per heavy atom. The van der Waals surface area contributed by atoms with Gasteiger partial charge >= 0.3 is 0 Å². The topological polar surface area (TPSA) is 17.1 Å². The Morgan fingerprint density at radius 2 is 2.00 bits per heavy atom. The summed E-state index contributed by atoms with van der Waals surface area (Å²) >= 11 is 0. The van der Waals surface area contributed by atoms with E-state index < -0.39 is 8.07 Å². The predicted molar refractivity (Wildman–Crippen MR) is 64.7 cm³/mol. The maximum absolute atomic E-state index is 10.2. The van der Waals surface area contributed by atoms with E-state index >= 15 is 0 Å². The Hall–Kier alpha value is -0.813. The molecule has 0 heterocycles. The first kappa shape index (κ1) is 13.2. The van der Waals surface area contributed by atoms with Gasteiger partial charge in [0.1, 0.15) is 14.4 Å². The lowest BCUT2D eigenvalue weighted by Gasteiger charge is -2.08. The number of carbonyl (C=O) groups is 1. The molecule has 0 aromatic rings. The van der Waals surface area contributed by atoms with Gasteiger partial charge in [-0.1, -0.05) is 32.1 Å². The van der Waals surface area contributed by atoms with Crippen LogP contribution in [0.4, 0.5) is 0 Å². The average molecular weight is 208 g/mol. The van der Waals surface area contributed by atoms with Crippen LogP contribution in [-0.4, -0.2) is 14.4 Å². The molecule has 0 amide bonds. The Balaban J connectivity index is 4.19. The summed E-state index contributed by atoms with van der Waals surface area (Å²) in [7, 11) is -1.23. The van der Waals surface area contributed by atoms with Crippen molar-refractivity contribution in [3.05, 3.63) is 11.6 Å². The standard InChI is InChI=1S/C12H20OSi/c1-11(12(2)8-9-13)7-6-10-14(3,4)5/h8-9,11H,7H2,1-5H3/b12-8+. The van der Waals surface area contributed by atoms with Gasteiger partial charge in [-0.3, -0.25) is 4.79 Å². The largest absolute Gasteiger partial charge is 0.299 e. The van der Waals surface area contributed by atoms with Crippen molar-refractivity contribution in [2.75, 3.05) is 0 Å². The van der Waals surface area contributed by atoms with Crippen LogP contribution in [0.1, 0.15) is 20.3 Å². The first-order chi connectivity index (χ1) is 6.37. The molecule has 0 rings (SSSR count). The fourth-order valence-corrected chi connectivity index (χ4v) is 1.53. The van der Waals surface area contributed by atoms with Crippen LogP contribution < -0.4 is 0 Å². The molecule has 0 aliphatic heterocycles. The summed E-state index contributed by atoms with van der Waals surface area (Å²) in [6.45, 7) is 10.8. The molecule has 1 unspecified atom stereocenters. The molecule has 0 bridgehead atoms. The van der Waals surface area contributed by atoms with Crippen LogP contribution >= 0.6 is 0 Å². The normalized spacial score (nSPS) is 14.2. The fraction of sp³-hybridized carbons (Fsp3) is 0.583. The van der Waals surface area contributed by atoms with E-state index in [0.717, 1.165) is 18.3 Å². The minimum absolute atomic E-state index is 0.393. The second kappa shape index (κ2) is 5.82. The van der Waals surface area contributed by atoms with Crippen LogP contribution in [0.15, 0.2) is 11.6 Å². The van der Waals surface area contributed by atoms with Crippen LogP contribution in [-0.2, 0) is 4.79 Å². The summed E-state index contributed by atoms with van der Waals surface area (Å²) in [5, 5.41) is 0. The third-order valence-corrected chi connectivity index (χ3v) is 2.91. The summed E-state index contributed by atoms with van der Waals surface area (Å²) in [6.07, 6.45) is 3.33. The van der Waals surface area contributed by atoms with Crippen molar-refractivity contribution < 1.29 is 4.79 Å². The lowest BCUT2D eigenvalue weighted by molar-refractivity contribution is -0.104. The molecule has 0 saturated carbocycles. The number of aldehydes is 1. The lowest BCUT2D eigenvalue weighted by Crippen LogP contribution is -2.16. The van der Waals surface area contributed by atoms with Crippen molar-refractivity contribution in [1.82, 2.24) is 0 Å². The van der Waals surface area contributed by atoms with Gasteiger partial charge in [0, 0.05) is 6.42 Å². The Morgan fingerprint density at radius 1 is 1.43 bits per heavy atom. The van der Waals surface area contributed by atoms with Crippen molar-refractivity contribution >= 4 is 14.4 Å². The summed E-state index contributed by atoms with van der Waals surface area (Å²) < 4.78 is 0. The Labute approximate surface area is 88.6 Å². The zero-order valence-electron chi connectivity index (χ0n) is 9.85. The maximum Gasteiger partial charge on any atom is 0.142 e. The molecule has 0 aromatic heterocycles. The van der Waals surface area contributed by atoms with Gasteiger partial charge < -0.3 is 0 Å². The van der Waals surface area contributed by atoms with E-state index in [1.165, 1.54) is 0 Å². The molecule has 0 aliphatic rings. The minimum Gasteiger partial charge on any atom is -0.299 e. The zero-order chi connectivity index (χ0) is 11.2. The number of carbonyl (C=O) groups excluding carboxylic acids is 1. The van der Waals surface area contributed by atoms with E-state index in [2.05, 4.69) is 38.0 Å². The van der Waals surface area contributed by atoms with Gasteiger partial charge in [0.25, 0.3) is 0 Å². The quantitative estimate of drug-likeness (QED) is 0.301. The molecular weight excluding hydrogens is 188 g/mol. The van der Waals surface area contributed by atoms with Gasteiger partial charge in [-0.05, 0) is 18.9 Å². The molecule has 0 spiro atoms. The smallest absolute Gasteiger partial charge is 0.142 e. The van der Waals surface area contributed by atoms with Crippen molar-refractivity contribution in [2.45, 2.75) is 39.9 Å². The molecule has 0 fully saturated rings. The molecule has 78 valence electrons. The fourth-order valence-electron chi connectivity index (χ4n) is 0.902. The van der Waals surface area contributed by atoms with Crippen LogP contribution in [0.5, 0.6) is 0 Å². The van der Waals surface area contributed by atoms with Crippen molar-refractivity contribution in [1.29, 1.82) is 0 Å². The van der Waals surface area contributed by atoms with Gasteiger partial charge in [0.15, 0.2) is 0 Å². The van der Waals surface area contributed by atoms with Crippen LogP contribution in [0.3, 0.4) is 0 Å². The number of hydrogen-bond donors (Lipinski definition) is 0. The van der Waals surface area contributed by atoms with Gasteiger partial charge in [-0.2, -0.15) is 0 Å². The van der Waals surface area contributed by atoms with Crippen molar-refractivity contribution in [2.24, 2.45) is 5.92 Å². The van der Waals surface area contributed by atoms with Gasteiger partial charge in [-0.25, -0.2) is 0 Å². The first-order valence-corrected chi connectivity index (χ1v) is 8.49. The van der Waals surface area contributed by atoms with E-state index in [0.29, 0.717) is 5.92 Å². The second-order valence-electron chi connectivity index (χ2n) is 4.70. The molecule has 0 aliphatic carbocycles. The van der Waals surface area contributed by atoms with Crippen molar-refractivity contribution in [3.8, 4) is 11.5 Å². The molecule has 14 heavy (non-hydrogen) atoms. The number of allylic oxidation sites excluding steroid dienone is 2.